The molecule has 0 spiro atoms. The quantitative estimate of drug-likeness (QED) is 0.762. The molecule has 7 heteroatoms. The standard InChI is InChI=1S/C10H15N3O3S/c1-2-17(15,16)7-6-13-10(14)9-8(11)4-3-5-12-9/h3-5H,2,6-7,11H2,1H3,(H,13,14). The summed E-state index contributed by atoms with van der Waals surface area (Å²) in [5.41, 5.74) is 5.94. The summed E-state index contributed by atoms with van der Waals surface area (Å²) in [6.07, 6.45) is 1.45. The van der Waals surface area contributed by atoms with E-state index in [0.717, 1.165) is 0 Å². The highest BCUT2D eigenvalue weighted by Crippen LogP contribution is 2.05. The SMILES string of the molecule is CCS(=O)(=O)CCNC(=O)c1ncccc1N. The van der Waals surface area contributed by atoms with Crippen LogP contribution in [0.5, 0.6) is 0 Å². The highest BCUT2D eigenvalue weighted by Gasteiger charge is 2.12. The fourth-order valence-corrected chi connectivity index (χ4v) is 1.86. The van der Waals surface area contributed by atoms with Crippen molar-refractivity contribution in [2.45, 2.75) is 6.92 Å². The van der Waals surface area contributed by atoms with Crippen molar-refractivity contribution >= 4 is 21.4 Å². The first kappa shape index (κ1) is 13.4. The van der Waals surface area contributed by atoms with E-state index in [2.05, 4.69) is 10.3 Å². The predicted octanol–water partition coefficient (Wildman–Crippen LogP) is -0.172. The average Bonchev–Trinajstić information content (AvgIpc) is 2.29. The molecule has 1 aromatic rings. The first-order valence-corrected chi connectivity index (χ1v) is 6.97. The zero-order valence-electron chi connectivity index (χ0n) is 9.51. The van der Waals surface area contributed by atoms with Gasteiger partial charge in [-0.2, -0.15) is 0 Å². The first-order chi connectivity index (χ1) is 7.96. The van der Waals surface area contributed by atoms with Gasteiger partial charge in [0.15, 0.2) is 15.5 Å². The van der Waals surface area contributed by atoms with Crippen molar-refractivity contribution in [1.82, 2.24) is 10.3 Å². The van der Waals surface area contributed by atoms with Crippen LogP contribution in [0.4, 0.5) is 5.69 Å². The second kappa shape index (κ2) is 5.62. The van der Waals surface area contributed by atoms with Gasteiger partial charge in [0.1, 0.15) is 0 Å². The topological polar surface area (TPSA) is 102 Å². The Bertz CT molecular complexity index is 499. The number of rotatable bonds is 5. The smallest absolute Gasteiger partial charge is 0.272 e. The molecule has 94 valence electrons. The van der Waals surface area contributed by atoms with E-state index in [1.54, 1.807) is 19.1 Å². The van der Waals surface area contributed by atoms with Gasteiger partial charge in [0, 0.05) is 18.5 Å². The number of carbonyl (C=O) groups excluding carboxylic acids is 1. The van der Waals surface area contributed by atoms with Crippen LogP contribution in [-0.4, -0.2) is 37.4 Å². The number of nitrogens with zero attached hydrogens (tertiary/aromatic N) is 1. The van der Waals surface area contributed by atoms with E-state index < -0.39 is 15.7 Å². The predicted molar refractivity (Wildman–Crippen MR) is 65.3 cm³/mol. The van der Waals surface area contributed by atoms with Crippen LogP contribution in [0.2, 0.25) is 0 Å². The minimum Gasteiger partial charge on any atom is -0.397 e. The van der Waals surface area contributed by atoms with Crippen molar-refractivity contribution in [3.63, 3.8) is 0 Å². The number of nitrogens with two attached hydrogens (primary N) is 1. The largest absolute Gasteiger partial charge is 0.397 e. The number of amides is 1. The first-order valence-electron chi connectivity index (χ1n) is 5.15. The molecule has 0 aliphatic rings. The molecular weight excluding hydrogens is 242 g/mol. The molecule has 0 unspecified atom stereocenters. The third-order valence-electron chi connectivity index (χ3n) is 2.19. The number of carbonyl (C=O) groups is 1. The molecule has 1 heterocycles. The molecule has 3 N–H and O–H groups in total. The lowest BCUT2D eigenvalue weighted by atomic mass is 10.3. The lowest BCUT2D eigenvalue weighted by Gasteiger charge is -2.06. The Morgan fingerprint density at radius 2 is 2.24 bits per heavy atom. The summed E-state index contributed by atoms with van der Waals surface area (Å²) < 4.78 is 22.4. The molecule has 17 heavy (non-hydrogen) atoms. The van der Waals surface area contributed by atoms with Gasteiger partial charge in [0.2, 0.25) is 0 Å². The second-order valence-corrected chi connectivity index (χ2v) is 5.91. The summed E-state index contributed by atoms with van der Waals surface area (Å²) in [6, 6.07) is 3.18. The fourth-order valence-electron chi connectivity index (χ4n) is 1.16. The maximum absolute atomic E-state index is 11.6. The van der Waals surface area contributed by atoms with Crippen LogP contribution in [0.25, 0.3) is 0 Å². The van der Waals surface area contributed by atoms with Gasteiger partial charge >= 0.3 is 0 Å². The van der Waals surface area contributed by atoms with Crippen LogP contribution in [0.1, 0.15) is 17.4 Å². The molecule has 1 amide bonds. The molecule has 0 aromatic carbocycles. The minimum absolute atomic E-state index is 0.0605. The number of hydrogen-bond donors (Lipinski definition) is 2. The molecule has 0 fully saturated rings. The van der Waals surface area contributed by atoms with E-state index in [9.17, 15) is 13.2 Å². The lowest BCUT2D eigenvalue weighted by Crippen LogP contribution is -2.30. The van der Waals surface area contributed by atoms with Gasteiger partial charge in [-0.15, -0.1) is 0 Å². The van der Waals surface area contributed by atoms with E-state index in [1.807, 2.05) is 0 Å². The number of aromatic nitrogens is 1. The summed E-state index contributed by atoms with van der Waals surface area (Å²) in [5.74, 6) is -0.481. The van der Waals surface area contributed by atoms with Gasteiger partial charge in [-0.05, 0) is 12.1 Å². The number of sulfone groups is 1. The van der Waals surface area contributed by atoms with Gasteiger partial charge in [0.25, 0.3) is 5.91 Å². The molecular formula is C10H15N3O3S. The van der Waals surface area contributed by atoms with Crippen molar-refractivity contribution in [1.29, 1.82) is 0 Å². The van der Waals surface area contributed by atoms with E-state index >= 15 is 0 Å². The van der Waals surface area contributed by atoms with Crippen LogP contribution in [0.15, 0.2) is 18.3 Å². The number of pyridine rings is 1. The Labute approximate surface area is 100 Å². The fraction of sp³-hybridized carbons (Fsp3) is 0.400. The van der Waals surface area contributed by atoms with Gasteiger partial charge < -0.3 is 11.1 Å². The van der Waals surface area contributed by atoms with E-state index in [1.165, 1.54) is 6.20 Å². The van der Waals surface area contributed by atoms with Crippen LogP contribution in [0, 0.1) is 0 Å². The molecule has 0 aliphatic carbocycles. The minimum atomic E-state index is -3.07. The van der Waals surface area contributed by atoms with E-state index in [-0.39, 0.29) is 29.4 Å². The number of nitrogens with one attached hydrogen (secondary N) is 1. The van der Waals surface area contributed by atoms with Crippen molar-refractivity contribution in [3.05, 3.63) is 24.0 Å². The summed E-state index contributed by atoms with van der Waals surface area (Å²) in [6.45, 7) is 1.62. The third-order valence-corrected chi connectivity index (χ3v) is 3.90. The molecule has 1 aromatic heterocycles. The summed E-state index contributed by atoms with van der Waals surface area (Å²) in [4.78, 5) is 15.4. The van der Waals surface area contributed by atoms with Crippen LogP contribution in [0.3, 0.4) is 0 Å². The molecule has 0 radical (unpaired) electrons. The molecule has 0 atom stereocenters. The number of nitrogen functional groups attached to an aromatic ring is 1. The molecule has 0 aliphatic heterocycles. The molecule has 0 saturated carbocycles. The normalized spacial score (nSPS) is 11.1. The Hall–Kier alpha value is -1.63. The summed E-state index contributed by atoms with van der Waals surface area (Å²) in [7, 11) is -3.07. The summed E-state index contributed by atoms with van der Waals surface area (Å²) in [5, 5.41) is 2.47. The number of hydrogen-bond acceptors (Lipinski definition) is 5. The van der Waals surface area contributed by atoms with E-state index in [0.29, 0.717) is 0 Å². The van der Waals surface area contributed by atoms with Crippen molar-refractivity contribution in [2.75, 3.05) is 23.8 Å². The zero-order chi connectivity index (χ0) is 12.9. The van der Waals surface area contributed by atoms with Crippen LogP contribution in [-0.2, 0) is 9.84 Å². The second-order valence-electron chi connectivity index (χ2n) is 3.43. The Morgan fingerprint density at radius 1 is 1.53 bits per heavy atom. The number of anilines is 1. The summed E-state index contributed by atoms with van der Waals surface area (Å²) >= 11 is 0. The van der Waals surface area contributed by atoms with Gasteiger partial charge in [0.05, 0.1) is 11.4 Å². The third kappa shape index (κ3) is 4.03. The molecule has 0 bridgehead atoms. The molecule has 1 rings (SSSR count). The molecule has 6 nitrogen and oxygen atoms in total. The van der Waals surface area contributed by atoms with Gasteiger partial charge in [-0.1, -0.05) is 6.92 Å². The highest BCUT2D eigenvalue weighted by atomic mass is 32.2. The lowest BCUT2D eigenvalue weighted by molar-refractivity contribution is 0.0952. The zero-order valence-corrected chi connectivity index (χ0v) is 10.3. The Balaban J connectivity index is 2.55. The van der Waals surface area contributed by atoms with E-state index in [4.69, 9.17) is 5.73 Å². The van der Waals surface area contributed by atoms with Gasteiger partial charge in [-0.25, -0.2) is 13.4 Å². The maximum atomic E-state index is 11.6. The average molecular weight is 257 g/mol. The Kier molecular flexibility index (Phi) is 4.45. The monoisotopic (exact) mass is 257 g/mol. The van der Waals surface area contributed by atoms with Crippen LogP contribution < -0.4 is 11.1 Å². The van der Waals surface area contributed by atoms with Crippen molar-refractivity contribution < 1.29 is 13.2 Å². The molecule has 0 saturated heterocycles. The Morgan fingerprint density at radius 3 is 2.82 bits per heavy atom. The van der Waals surface area contributed by atoms with Crippen molar-refractivity contribution in [3.8, 4) is 0 Å². The maximum Gasteiger partial charge on any atom is 0.272 e. The van der Waals surface area contributed by atoms with Crippen LogP contribution >= 0.6 is 0 Å². The van der Waals surface area contributed by atoms with Crippen molar-refractivity contribution in [2.24, 2.45) is 0 Å². The van der Waals surface area contributed by atoms with Gasteiger partial charge in [-0.3, -0.25) is 4.79 Å². The highest BCUT2D eigenvalue weighted by molar-refractivity contribution is 7.91.